The van der Waals surface area contributed by atoms with Crippen LogP contribution in [-0.4, -0.2) is 29.4 Å². The van der Waals surface area contributed by atoms with E-state index in [9.17, 15) is 9.90 Å². The minimum Gasteiger partial charge on any atom is -0.542 e. The first-order valence-electron chi connectivity index (χ1n) is 13.0. The van der Waals surface area contributed by atoms with Crippen LogP contribution in [0, 0.1) is 12.7 Å². The molecule has 0 aliphatic rings. The van der Waals surface area contributed by atoms with Crippen molar-refractivity contribution >= 4 is 26.2 Å². The quantitative estimate of drug-likeness (QED) is 0.160. The largest absolute Gasteiger partial charge is 0.542 e. The number of carbonyl (C=O) groups is 1. The summed E-state index contributed by atoms with van der Waals surface area (Å²) < 4.78 is 27.4. The molecule has 40 heavy (non-hydrogen) atoms. The molecule has 0 unspecified atom stereocenters. The fourth-order valence-electron chi connectivity index (χ4n) is 3.81. The number of hydrogen-bond donors (Lipinski definition) is 2. The van der Waals surface area contributed by atoms with Crippen molar-refractivity contribution in [2.75, 3.05) is 5.32 Å². The molecule has 0 amide bonds. The maximum Gasteiger partial charge on any atom is 0.352 e. The molecule has 7 nitrogen and oxygen atoms in total. The van der Waals surface area contributed by atoms with E-state index < -0.39 is 20.1 Å². The van der Waals surface area contributed by atoms with E-state index in [1.807, 2.05) is 31.2 Å². The van der Waals surface area contributed by atoms with Gasteiger partial charge in [-0.15, -0.1) is 0 Å². The van der Waals surface area contributed by atoms with E-state index in [0.717, 1.165) is 11.1 Å². The zero-order valence-electron chi connectivity index (χ0n) is 23.6. The molecule has 4 rings (SSSR count). The molecule has 0 aliphatic carbocycles. The van der Waals surface area contributed by atoms with E-state index in [-0.39, 0.29) is 27.9 Å². The lowest BCUT2D eigenvalue weighted by atomic mass is 10.1. The van der Waals surface area contributed by atoms with Crippen molar-refractivity contribution in [2.45, 2.75) is 52.2 Å². The van der Waals surface area contributed by atoms with E-state index in [1.165, 1.54) is 18.5 Å². The topological polar surface area (TPSA) is 97.5 Å². The molecule has 0 saturated heterocycles. The molecule has 0 spiro atoms. The Morgan fingerprint density at radius 1 is 1.15 bits per heavy atom. The van der Waals surface area contributed by atoms with E-state index >= 15 is 4.39 Å². The molecular weight excluding hydrogens is 525 g/mol. The molecule has 0 aliphatic heterocycles. The minimum absolute atomic E-state index is 0.103. The lowest BCUT2D eigenvalue weighted by molar-refractivity contribution is -0.132. The van der Waals surface area contributed by atoms with Gasteiger partial charge in [0.05, 0.1) is 23.8 Å². The second-order valence-corrected chi connectivity index (χ2v) is 15.9. The zero-order valence-corrected chi connectivity index (χ0v) is 24.6. The standard InChI is InChI=1S/C31H34FN3O4Si/c1-20-10-7-11-21(16-20)17-24-29(35-25(30(36)37)18-22-12-9-15-38-22)33-19-26(34-24)23-13-8-14-27(28(23)32)39-40(5,6)31(2,3)4/h7-16,18-19H,17H2,1-6H3,(H,33,35)(H,36,37)/b25-18-. The number of aliphatic carboxylic acids is 1. The van der Waals surface area contributed by atoms with E-state index in [0.29, 0.717) is 23.6 Å². The molecule has 2 heterocycles. The first-order valence-corrected chi connectivity index (χ1v) is 15.9. The van der Waals surface area contributed by atoms with Crippen LogP contribution in [0.3, 0.4) is 0 Å². The van der Waals surface area contributed by atoms with Gasteiger partial charge in [0.25, 0.3) is 8.32 Å². The van der Waals surface area contributed by atoms with Crippen LogP contribution in [0.15, 0.2) is 77.2 Å². The van der Waals surface area contributed by atoms with Crippen LogP contribution in [0.4, 0.5) is 10.2 Å². The third-order valence-electron chi connectivity index (χ3n) is 7.02. The van der Waals surface area contributed by atoms with Gasteiger partial charge >= 0.3 is 5.97 Å². The highest BCUT2D eigenvalue weighted by atomic mass is 28.4. The number of halogens is 1. The smallest absolute Gasteiger partial charge is 0.352 e. The molecule has 9 heteroatoms. The third kappa shape index (κ3) is 6.66. The van der Waals surface area contributed by atoms with Gasteiger partial charge in [0.15, 0.2) is 11.6 Å². The highest BCUT2D eigenvalue weighted by Gasteiger charge is 2.39. The van der Waals surface area contributed by atoms with Gasteiger partial charge in [-0.05, 0) is 54.9 Å². The molecule has 2 N–H and O–H groups in total. The number of aromatic nitrogens is 2. The van der Waals surface area contributed by atoms with E-state index in [4.69, 9.17) is 13.8 Å². The number of rotatable bonds is 9. The number of carboxylic acids is 1. The molecule has 0 saturated carbocycles. The van der Waals surface area contributed by atoms with Gasteiger partial charge in [-0.25, -0.2) is 19.2 Å². The highest BCUT2D eigenvalue weighted by molar-refractivity contribution is 6.74. The average Bonchev–Trinajstić information content (AvgIpc) is 3.38. The van der Waals surface area contributed by atoms with Crippen LogP contribution in [0.2, 0.25) is 18.1 Å². The molecule has 208 valence electrons. The van der Waals surface area contributed by atoms with Gasteiger partial charge in [0.2, 0.25) is 0 Å². The van der Waals surface area contributed by atoms with Crippen molar-refractivity contribution < 1.29 is 23.1 Å². The maximum atomic E-state index is 15.8. The molecular formula is C31H34FN3O4Si. The number of benzene rings is 2. The number of furan rings is 1. The molecule has 2 aromatic carbocycles. The Morgan fingerprint density at radius 3 is 2.55 bits per heavy atom. The van der Waals surface area contributed by atoms with Crippen molar-refractivity contribution in [3.05, 3.63) is 101 Å². The predicted octanol–water partition coefficient (Wildman–Crippen LogP) is 7.70. The fraction of sp³-hybridized carbons (Fsp3) is 0.258. The Balaban J connectivity index is 1.77. The molecule has 0 radical (unpaired) electrons. The number of aryl methyl sites for hydroxylation is 1. The summed E-state index contributed by atoms with van der Waals surface area (Å²) in [7, 11) is -2.29. The van der Waals surface area contributed by atoms with Crippen molar-refractivity contribution in [1.82, 2.24) is 9.97 Å². The van der Waals surface area contributed by atoms with Gasteiger partial charge in [-0.3, -0.25) is 0 Å². The summed E-state index contributed by atoms with van der Waals surface area (Å²) in [4.78, 5) is 21.3. The van der Waals surface area contributed by atoms with Crippen LogP contribution in [0.5, 0.6) is 5.75 Å². The van der Waals surface area contributed by atoms with Crippen LogP contribution in [0.1, 0.15) is 43.4 Å². The van der Waals surface area contributed by atoms with Crippen LogP contribution in [-0.2, 0) is 11.2 Å². The van der Waals surface area contributed by atoms with Crippen molar-refractivity contribution in [2.24, 2.45) is 0 Å². The molecule has 4 aromatic rings. The third-order valence-corrected chi connectivity index (χ3v) is 11.4. The normalized spacial score (nSPS) is 12.3. The molecule has 2 aromatic heterocycles. The van der Waals surface area contributed by atoms with Crippen molar-refractivity contribution in [1.29, 1.82) is 0 Å². The second kappa shape index (κ2) is 11.5. The summed E-state index contributed by atoms with van der Waals surface area (Å²) in [6.07, 6.45) is 4.61. The van der Waals surface area contributed by atoms with Crippen LogP contribution < -0.4 is 9.74 Å². The van der Waals surface area contributed by atoms with E-state index in [2.05, 4.69) is 44.2 Å². The monoisotopic (exact) mass is 559 g/mol. The lowest BCUT2D eigenvalue weighted by Crippen LogP contribution is -2.44. The number of nitrogens with one attached hydrogen (secondary N) is 1. The Bertz CT molecular complexity index is 1540. The predicted molar refractivity (Wildman–Crippen MR) is 157 cm³/mol. The van der Waals surface area contributed by atoms with Gasteiger partial charge in [-0.2, -0.15) is 0 Å². The number of anilines is 1. The summed E-state index contributed by atoms with van der Waals surface area (Å²) in [5, 5.41) is 12.6. The van der Waals surface area contributed by atoms with Gasteiger partial charge in [0.1, 0.15) is 17.2 Å². The zero-order chi connectivity index (χ0) is 29.1. The number of hydrogen-bond acceptors (Lipinski definition) is 6. The van der Waals surface area contributed by atoms with Crippen molar-refractivity contribution in [3.8, 4) is 17.0 Å². The molecule has 0 bridgehead atoms. The number of carboxylic acid groups (broad SMARTS) is 1. The first kappa shape index (κ1) is 28.8. The summed E-state index contributed by atoms with van der Waals surface area (Å²) in [5.41, 5.74) is 2.92. The van der Waals surface area contributed by atoms with Gasteiger partial charge in [0, 0.05) is 18.1 Å². The SMILES string of the molecule is Cc1cccc(Cc2nc(-c3cccc(O[Si](C)(C)C(C)(C)C)c3F)cnc2N/C(=C\c2ccco2)C(=O)O)c1. The van der Waals surface area contributed by atoms with Gasteiger partial charge in [-0.1, -0.05) is 56.7 Å². The summed E-state index contributed by atoms with van der Waals surface area (Å²) in [6.45, 7) is 12.4. The highest BCUT2D eigenvalue weighted by Crippen LogP contribution is 2.39. The first-order chi connectivity index (χ1) is 18.8. The van der Waals surface area contributed by atoms with Crippen molar-refractivity contribution in [3.63, 3.8) is 0 Å². The minimum atomic E-state index is -2.29. The fourth-order valence-corrected chi connectivity index (χ4v) is 4.82. The number of nitrogens with zero attached hydrogens (tertiary/aromatic N) is 2. The Morgan fingerprint density at radius 2 is 1.90 bits per heavy atom. The Labute approximate surface area is 234 Å². The summed E-state index contributed by atoms with van der Waals surface area (Å²) >= 11 is 0. The molecule has 0 fully saturated rings. The Kier molecular flexibility index (Phi) is 8.25. The lowest BCUT2D eigenvalue weighted by Gasteiger charge is -2.36. The average molecular weight is 560 g/mol. The maximum absolute atomic E-state index is 15.8. The second-order valence-electron chi connectivity index (χ2n) is 11.2. The van der Waals surface area contributed by atoms with Gasteiger partial charge < -0.3 is 19.3 Å². The van der Waals surface area contributed by atoms with Crippen LogP contribution in [0.25, 0.3) is 17.3 Å². The van der Waals surface area contributed by atoms with E-state index in [1.54, 1.807) is 30.3 Å². The van der Waals surface area contributed by atoms with Crippen LogP contribution >= 0.6 is 0 Å². The summed E-state index contributed by atoms with van der Waals surface area (Å²) in [5.74, 6) is -0.893. The molecule has 0 atom stereocenters. The summed E-state index contributed by atoms with van der Waals surface area (Å²) in [6, 6.07) is 16.2. The Hall–Kier alpha value is -4.24.